The first-order valence-corrected chi connectivity index (χ1v) is 14.3. The van der Waals surface area contributed by atoms with Crippen LogP contribution in [0.15, 0.2) is 0 Å². The normalized spacial score (nSPS) is 46.4. The number of aliphatic hydroxyl groups is 9. The van der Waals surface area contributed by atoms with Crippen LogP contribution in [0.5, 0.6) is 0 Å². The second-order valence-corrected chi connectivity index (χ2v) is 11.2. The van der Waals surface area contributed by atoms with Crippen LogP contribution in [0.2, 0.25) is 0 Å². The Morgan fingerprint density at radius 3 is 1.91 bits per heavy atom. The van der Waals surface area contributed by atoms with Crippen molar-refractivity contribution in [2.45, 2.75) is 130 Å². The molecule has 0 spiro atoms. The van der Waals surface area contributed by atoms with Gasteiger partial charge in [0.1, 0.15) is 54.9 Å². The number of rotatable bonds is 13. The summed E-state index contributed by atoms with van der Waals surface area (Å²) in [7, 11) is 0. The van der Waals surface area contributed by atoms with Gasteiger partial charge in [0.25, 0.3) is 0 Å². The van der Waals surface area contributed by atoms with Crippen LogP contribution in [-0.4, -0.2) is 169 Å². The average molecular weight is 630 g/mol. The number of ether oxygens (including phenoxy) is 5. The van der Waals surface area contributed by atoms with Crippen molar-refractivity contribution >= 4 is 5.78 Å². The lowest BCUT2D eigenvalue weighted by atomic mass is 9.80. The Morgan fingerprint density at radius 1 is 0.814 bits per heavy atom. The van der Waals surface area contributed by atoms with Crippen LogP contribution in [0.4, 0.5) is 0 Å². The van der Waals surface area contributed by atoms with Gasteiger partial charge in [0.2, 0.25) is 0 Å². The van der Waals surface area contributed by atoms with E-state index in [1.54, 1.807) is 0 Å². The smallest absolute Gasteiger partial charge is 0.176 e. The van der Waals surface area contributed by atoms with E-state index in [4.69, 9.17) is 40.9 Å². The minimum Gasteiger partial charge on any atom is -0.394 e. The van der Waals surface area contributed by atoms with Crippen molar-refractivity contribution in [3.63, 3.8) is 0 Å². The summed E-state index contributed by atoms with van der Waals surface area (Å²) in [5.41, 5.74) is 15.4. The first-order valence-electron chi connectivity index (χ1n) is 14.3. The lowest BCUT2D eigenvalue weighted by Gasteiger charge is -2.52. The van der Waals surface area contributed by atoms with E-state index >= 15 is 0 Å². The number of nitrogens with two attached hydrogens (primary N) is 3. The van der Waals surface area contributed by atoms with E-state index in [2.05, 4.69) is 0 Å². The standard InChI is InChI=1S/C25H47N3O15/c1-2-3-4-5-9(32)20(36)25(8-31)21(37)17(35)14(28)24(43-25)42-19-11(7-30)40-23(13(27)16(19)34)41-18-10(6-29)39-22(38)12(26)15(18)33/h10-24,29-31,33-38H,2-8,26-28H2,1H3/t10-,11-,12-,13-,14-,15-,16-,17-,18?,19?,20?,21+,22-,23+,24+,25+/m1/s1. The fourth-order valence-electron chi connectivity index (χ4n) is 5.50. The molecular weight excluding hydrogens is 582 g/mol. The number of hydrogen-bond donors (Lipinski definition) is 12. The summed E-state index contributed by atoms with van der Waals surface area (Å²) in [6.07, 6.45) is -18.0. The van der Waals surface area contributed by atoms with Gasteiger partial charge in [-0.2, -0.15) is 0 Å². The summed E-state index contributed by atoms with van der Waals surface area (Å²) in [4.78, 5) is 12.7. The summed E-state index contributed by atoms with van der Waals surface area (Å²) in [5.74, 6) is -0.762. The average Bonchev–Trinajstić information content (AvgIpc) is 3.00. The van der Waals surface area contributed by atoms with Crippen molar-refractivity contribution in [3.05, 3.63) is 0 Å². The molecule has 3 aliphatic rings. The van der Waals surface area contributed by atoms with Gasteiger partial charge in [0.05, 0.1) is 37.9 Å². The molecule has 3 aliphatic heterocycles. The Balaban J connectivity index is 1.79. The maximum Gasteiger partial charge on any atom is 0.176 e. The van der Waals surface area contributed by atoms with Crippen LogP contribution in [0.3, 0.4) is 0 Å². The zero-order valence-corrected chi connectivity index (χ0v) is 23.8. The third-order valence-electron chi connectivity index (χ3n) is 8.31. The van der Waals surface area contributed by atoms with Crippen molar-refractivity contribution in [1.82, 2.24) is 0 Å². The molecule has 3 saturated heterocycles. The molecule has 0 aromatic heterocycles. The van der Waals surface area contributed by atoms with Gasteiger partial charge < -0.3 is 86.8 Å². The van der Waals surface area contributed by atoms with Crippen molar-refractivity contribution in [2.24, 2.45) is 17.2 Å². The van der Waals surface area contributed by atoms with Crippen LogP contribution in [0.1, 0.15) is 32.6 Å². The van der Waals surface area contributed by atoms with Crippen molar-refractivity contribution in [2.75, 3.05) is 19.8 Å². The Kier molecular flexibility index (Phi) is 13.2. The molecule has 3 fully saturated rings. The van der Waals surface area contributed by atoms with Gasteiger partial charge in [-0.1, -0.05) is 19.8 Å². The van der Waals surface area contributed by atoms with Crippen LogP contribution in [-0.2, 0) is 28.5 Å². The third kappa shape index (κ3) is 7.36. The molecule has 15 N–H and O–H groups in total. The zero-order valence-electron chi connectivity index (χ0n) is 23.8. The highest BCUT2D eigenvalue weighted by Crippen LogP contribution is 2.36. The number of Topliss-reactive ketones (excluding diaryl/α,β-unsaturated/α-hetero) is 1. The van der Waals surface area contributed by atoms with Gasteiger partial charge in [-0.25, -0.2) is 0 Å². The topological polar surface area (TPSA) is 323 Å². The summed E-state index contributed by atoms with van der Waals surface area (Å²) in [6.45, 7) is -0.727. The Morgan fingerprint density at radius 2 is 1.35 bits per heavy atom. The highest BCUT2D eigenvalue weighted by atomic mass is 16.7. The zero-order chi connectivity index (χ0) is 32.2. The first-order chi connectivity index (χ1) is 20.3. The van der Waals surface area contributed by atoms with E-state index in [-0.39, 0.29) is 6.42 Å². The molecule has 3 unspecified atom stereocenters. The Bertz CT molecular complexity index is 889. The van der Waals surface area contributed by atoms with E-state index in [0.717, 1.165) is 6.42 Å². The number of carbonyl (C=O) groups excluding carboxylic acids is 1. The predicted octanol–water partition coefficient (Wildman–Crippen LogP) is -6.79. The van der Waals surface area contributed by atoms with Crippen molar-refractivity contribution in [3.8, 4) is 0 Å². The first kappa shape index (κ1) is 36.5. The van der Waals surface area contributed by atoms with Crippen molar-refractivity contribution < 1.29 is 74.4 Å². The Hall–Kier alpha value is -1.01. The minimum absolute atomic E-state index is 0.0970. The fourth-order valence-corrected chi connectivity index (χ4v) is 5.50. The molecule has 252 valence electrons. The quantitative estimate of drug-likeness (QED) is 0.0842. The van der Waals surface area contributed by atoms with Gasteiger partial charge in [-0.3, -0.25) is 4.79 Å². The van der Waals surface area contributed by atoms with E-state index < -0.39 is 123 Å². The molecule has 0 aromatic carbocycles. The largest absolute Gasteiger partial charge is 0.394 e. The highest BCUT2D eigenvalue weighted by molar-refractivity contribution is 5.84. The van der Waals surface area contributed by atoms with Gasteiger partial charge in [0, 0.05) is 6.42 Å². The van der Waals surface area contributed by atoms with E-state index in [1.807, 2.05) is 6.92 Å². The second kappa shape index (κ2) is 15.5. The molecule has 0 saturated carbocycles. The van der Waals surface area contributed by atoms with E-state index in [9.17, 15) is 50.8 Å². The van der Waals surface area contributed by atoms with Gasteiger partial charge in [0.15, 0.2) is 30.3 Å². The molecule has 0 aliphatic carbocycles. The molecule has 0 radical (unpaired) electrons. The third-order valence-corrected chi connectivity index (χ3v) is 8.31. The molecule has 3 heterocycles. The molecule has 0 bridgehead atoms. The molecule has 18 heteroatoms. The number of ketones is 1. The summed E-state index contributed by atoms with van der Waals surface area (Å²) in [5, 5.41) is 93.6. The van der Waals surface area contributed by atoms with Crippen LogP contribution >= 0.6 is 0 Å². The van der Waals surface area contributed by atoms with Crippen molar-refractivity contribution in [1.29, 1.82) is 0 Å². The predicted molar refractivity (Wildman–Crippen MR) is 141 cm³/mol. The van der Waals surface area contributed by atoms with Crippen LogP contribution in [0, 0.1) is 0 Å². The molecule has 18 nitrogen and oxygen atoms in total. The van der Waals surface area contributed by atoms with Crippen LogP contribution in [0.25, 0.3) is 0 Å². The fraction of sp³-hybridized carbons (Fsp3) is 0.960. The van der Waals surface area contributed by atoms with Gasteiger partial charge in [-0.05, 0) is 6.42 Å². The molecule has 43 heavy (non-hydrogen) atoms. The maximum absolute atomic E-state index is 12.7. The maximum atomic E-state index is 12.7. The van der Waals surface area contributed by atoms with Gasteiger partial charge >= 0.3 is 0 Å². The van der Waals surface area contributed by atoms with Gasteiger partial charge in [-0.15, -0.1) is 0 Å². The molecule has 3 rings (SSSR count). The lowest BCUT2D eigenvalue weighted by Crippen LogP contribution is -2.74. The lowest BCUT2D eigenvalue weighted by molar-refractivity contribution is -0.367. The number of carbonyl (C=O) groups is 1. The van der Waals surface area contributed by atoms with Crippen LogP contribution < -0.4 is 17.2 Å². The SMILES string of the molecule is CCCCCC(=O)C(O)[C@]1(CO)O[C@H](OC2[C@@H](CO)O[C@@H](OC3[C@@H](CO)O[C@@H](O)[C@H](N)[C@H]3O)[C@H](N)[C@H]2O)[C@H](N)[C@@H](O)[C@@H]1O. The minimum atomic E-state index is -2.45. The summed E-state index contributed by atoms with van der Waals surface area (Å²) in [6, 6.07) is -4.32. The molecule has 16 atom stereocenters. The second-order valence-electron chi connectivity index (χ2n) is 11.2. The van der Waals surface area contributed by atoms with E-state index in [1.165, 1.54) is 0 Å². The summed E-state index contributed by atoms with van der Waals surface area (Å²) >= 11 is 0. The molecule has 0 aromatic rings. The Labute approximate surface area is 247 Å². The monoisotopic (exact) mass is 629 g/mol. The summed E-state index contributed by atoms with van der Waals surface area (Å²) < 4.78 is 28.0. The molecular formula is C25H47N3O15. The highest BCUT2D eigenvalue weighted by Gasteiger charge is 2.60. The number of unbranched alkanes of at least 4 members (excludes halogenated alkanes) is 2. The molecule has 0 amide bonds. The number of aliphatic hydroxyl groups excluding tert-OH is 9. The van der Waals surface area contributed by atoms with E-state index in [0.29, 0.717) is 12.8 Å². The number of hydrogen-bond acceptors (Lipinski definition) is 18.